The molecule has 4 nitrogen and oxygen atoms in total. The zero-order chi connectivity index (χ0) is 18.0. The van der Waals surface area contributed by atoms with Crippen molar-refractivity contribution in [3.8, 4) is 0 Å². The van der Waals surface area contributed by atoms with E-state index in [1.54, 1.807) is 6.07 Å². The number of carboxylic acids is 1. The maximum absolute atomic E-state index is 12.9. The van der Waals surface area contributed by atoms with Crippen LogP contribution in [0.15, 0.2) is 48.5 Å². The number of aliphatic carboxylic acids is 1. The van der Waals surface area contributed by atoms with Gasteiger partial charge in [0.05, 0.1) is 0 Å². The van der Waals surface area contributed by atoms with E-state index < -0.39 is 12.0 Å². The smallest absolute Gasteiger partial charge is 0.326 e. The molecule has 0 aromatic heterocycles. The zero-order valence-corrected chi connectivity index (χ0v) is 14.7. The summed E-state index contributed by atoms with van der Waals surface area (Å²) in [5.41, 5.74) is 2.99. The van der Waals surface area contributed by atoms with Crippen molar-refractivity contribution in [2.24, 2.45) is 5.92 Å². The van der Waals surface area contributed by atoms with Crippen LogP contribution >= 0.6 is 11.6 Å². The average molecular weight is 358 g/mol. The van der Waals surface area contributed by atoms with Crippen molar-refractivity contribution in [2.45, 2.75) is 32.4 Å². The van der Waals surface area contributed by atoms with E-state index in [2.05, 4.69) is 0 Å². The lowest BCUT2D eigenvalue weighted by molar-refractivity contribution is -0.153. The number of carbonyl (C=O) groups is 2. The molecular weight excluding hydrogens is 338 g/mol. The van der Waals surface area contributed by atoms with Crippen LogP contribution in [0.3, 0.4) is 0 Å². The lowest BCUT2D eigenvalue weighted by Gasteiger charge is -2.36. The molecule has 1 heterocycles. The molecule has 1 N–H and O–H groups in total. The van der Waals surface area contributed by atoms with Gasteiger partial charge in [-0.25, -0.2) is 4.79 Å². The van der Waals surface area contributed by atoms with Crippen LogP contribution in [0.1, 0.15) is 23.6 Å². The Bertz CT molecular complexity index is 805. The molecule has 2 aromatic carbocycles. The molecule has 5 heteroatoms. The summed E-state index contributed by atoms with van der Waals surface area (Å²) in [4.78, 5) is 26.1. The average Bonchev–Trinajstić information content (AvgIpc) is 2.59. The largest absolute Gasteiger partial charge is 0.480 e. The van der Waals surface area contributed by atoms with E-state index in [9.17, 15) is 14.7 Å². The first-order chi connectivity index (χ1) is 12.0. The summed E-state index contributed by atoms with van der Waals surface area (Å²) in [5.74, 6) is -1.41. The molecule has 130 valence electrons. The Labute approximate surface area is 152 Å². The van der Waals surface area contributed by atoms with Gasteiger partial charge in [-0.2, -0.15) is 0 Å². The molecule has 1 aliphatic rings. The summed E-state index contributed by atoms with van der Waals surface area (Å²) in [6.07, 6.45) is 0.880. The van der Waals surface area contributed by atoms with Gasteiger partial charge in [0.1, 0.15) is 6.04 Å². The molecule has 1 aliphatic heterocycles. The second-order valence-corrected chi connectivity index (χ2v) is 6.96. The van der Waals surface area contributed by atoms with Crippen molar-refractivity contribution in [1.29, 1.82) is 0 Å². The molecule has 2 aromatic rings. The van der Waals surface area contributed by atoms with E-state index in [-0.39, 0.29) is 11.8 Å². The summed E-state index contributed by atoms with van der Waals surface area (Å²) in [7, 11) is 0. The summed E-state index contributed by atoms with van der Waals surface area (Å²) in [6, 6.07) is 14.3. The lowest BCUT2D eigenvalue weighted by Crippen LogP contribution is -2.50. The van der Waals surface area contributed by atoms with Gasteiger partial charge in [0.2, 0.25) is 5.91 Å². The Kier molecular flexibility index (Phi) is 5.09. The van der Waals surface area contributed by atoms with Gasteiger partial charge in [-0.05, 0) is 35.2 Å². The molecule has 0 spiro atoms. The predicted molar refractivity (Wildman–Crippen MR) is 96.4 cm³/mol. The Morgan fingerprint density at radius 2 is 1.92 bits per heavy atom. The van der Waals surface area contributed by atoms with Crippen molar-refractivity contribution in [3.63, 3.8) is 0 Å². The van der Waals surface area contributed by atoms with Crippen LogP contribution in [0.2, 0.25) is 5.02 Å². The third kappa shape index (κ3) is 3.85. The Morgan fingerprint density at radius 3 is 2.60 bits per heavy atom. The second-order valence-electron chi connectivity index (χ2n) is 6.53. The van der Waals surface area contributed by atoms with Crippen LogP contribution < -0.4 is 0 Å². The molecule has 2 atom stereocenters. The highest BCUT2D eigenvalue weighted by atomic mass is 35.5. The molecule has 0 bridgehead atoms. The third-order valence-electron chi connectivity index (χ3n) is 4.67. The number of nitrogens with zero attached hydrogens (tertiary/aromatic N) is 1. The first-order valence-electron chi connectivity index (χ1n) is 8.30. The van der Waals surface area contributed by atoms with Gasteiger partial charge >= 0.3 is 5.97 Å². The minimum absolute atomic E-state index is 0.137. The van der Waals surface area contributed by atoms with E-state index in [0.717, 1.165) is 16.7 Å². The number of amides is 1. The molecular formula is C20H20ClNO3. The third-order valence-corrected chi connectivity index (χ3v) is 4.90. The van der Waals surface area contributed by atoms with Gasteiger partial charge in [-0.3, -0.25) is 4.79 Å². The molecule has 0 saturated carbocycles. The van der Waals surface area contributed by atoms with Gasteiger partial charge in [-0.15, -0.1) is 0 Å². The maximum atomic E-state index is 12.9. The van der Waals surface area contributed by atoms with Crippen molar-refractivity contribution in [1.82, 2.24) is 4.90 Å². The molecule has 3 rings (SSSR count). The van der Waals surface area contributed by atoms with E-state index >= 15 is 0 Å². The van der Waals surface area contributed by atoms with Gasteiger partial charge in [0.25, 0.3) is 0 Å². The lowest BCUT2D eigenvalue weighted by atomic mass is 9.91. The fourth-order valence-electron chi connectivity index (χ4n) is 3.36. The predicted octanol–water partition coefficient (Wildman–Crippen LogP) is 3.56. The molecule has 1 amide bonds. The van der Waals surface area contributed by atoms with E-state index in [0.29, 0.717) is 24.4 Å². The fourth-order valence-corrected chi connectivity index (χ4v) is 3.58. The first-order valence-corrected chi connectivity index (χ1v) is 8.68. The fraction of sp³-hybridized carbons (Fsp3) is 0.300. The molecule has 0 fully saturated rings. The summed E-state index contributed by atoms with van der Waals surface area (Å²) in [5, 5.41) is 10.2. The highest BCUT2D eigenvalue weighted by Crippen LogP contribution is 2.26. The van der Waals surface area contributed by atoms with Crippen LogP contribution in [0, 0.1) is 5.92 Å². The van der Waals surface area contributed by atoms with Gasteiger partial charge in [-0.1, -0.05) is 54.9 Å². The topological polar surface area (TPSA) is 57.6 Å². The number of fused-ring (bicyclic) bond motifs is 1. The van der Waals surface area contributed by atoms with E-state index in [1.165, 1.54) is 4.90 Å². The second kappa shape index (κ2) is 7.28. The number of rotatable bonds is 4. The van der Waals surface area contributed by atoms with Crippen LogP contribution in [-0.2, 0) is 29.0 Å². The highest BCUT2D eigenvalue weighted by Gasteiger charge is 2.36. The zero-order valence-electron chi connectivity index (χ0n) is 14.0. The molecule has 0 saturated heterocycles. The van der Waals surface area contributed by atoms with Crippen LogP contribution in [0.5, 0.6) is 0 Å². The standard InChI is InChI=1S/C20H20ClNO3/c1-13(9-14-5-4-8-17(21)10-14)19(23)22-12-16-7-3-2-6-15(16)11-18(22)20(24)25/h2-8,10,13,18H,9,11-12H2,1H3,(H,24,25). The van der Waals surface area contributed by atoms with Crippen molar-refractivity contribution < 1.29 is 14.7 Å². The van der Waals surface area contributed by atoms with Crippen LogP contribution in [-0.4, -0.2) is 27.9 Å². The minimum atomic E-state index is -0.960. The van der Waals surface area contributed by atoms with Gasteiger partial charge < -0.3 is 10.0 Å². The number of hydrogen-bond acceptors (Lipinski definition) is 2. The van der Waals surface area contributed by atoms with Crippen LogP contribution in [0.4, 0.5) is 0 Å². The Morgan fingerprint density at radius 1 is 1.20 bits per heavy atom. The van der Waals surface area contributed by atoms with Crippen LogP contribution in [0.25, 0.3) is 0 Å². The first kappa shape index (κ1) is 17.5. The molecule has 25 heavy (non-hydrogen) atoms. The van der Waals surface area contributed by atoms with Crippen molar-refractivity contribution in [2.75, 3.05) is 0 Å². The SMILES string of the molecule is CC(Cc1cccc(Cl)c1)C(=O)N1Cc2ccccc2CC1C(=O)O. The monoisotopic (exact) mass is 357 g/mol. The van der Waals surface area contributed by atoms with Crippen molar-refractivity contribution >= 4 is 23.5 Å². The summed E-state index contributed by atoms with van der Waals surface area (Å²) >= 11 is 6.00. The quantitative estimate of drug-likeness (QED) is 0.910. The maximum Gasteiger partial charge on any atom is 0.326 e. The van der Waals surface area contributed by atoms with E-state index in [1.807, 2.05) is 49.4 Å². The van der Waals surface area contributed by atoms with E-state index in [4.69, 9.17) is 11.6 Å². The summed E-state index contributed by atoms with van der Waals surface area (Å²) in [6.45, 7) is 2.18. The summed E-state index contributed by atoms with van der Waals surface area (Å²) < 4.78 is 0. The Balaban J connectivity index is 1.80. The van der Waals surface area contributed by atoms with Gasteiger partial charge in [0, 0.05) is 23.9 Å². The number of benzene rings is 2. The van der Waals surface area contributed by atoms with Crippen molar-refractivity contribution in [3.05, 3.63) is 70.2 Å². The molecule has 2 unspecified atom stereocenters. The number of carbonyl (C=O) groups excluding carboxylic acids is 1. The number of carboxylic acid groups (broad SMARTS) is 1. The highest BCUT2D eigenvalue weighted by molar-refractivity contribution is 6.30. The molecule has 0 aliphatic carbocycles. The number of hydrogen-bond donors (Lipinski definition) is 1. The van der Waals surface area contributed by atoms with Gasteiger partial charge in [0.15, 0.2) is 0 Å². The number of halogens is 1. The normalized spacial score (nSPS) is 17.7. The molecule has 0 radical (unpaired) electrons. The Hall–Kier alpha value is -2.33. The minimum Gasteiger partial charge on any atom is -0.480 e.